The molecular weight excluding hydrogens is 402 g/mol. The second kappa shape index (κ2) is 8.20. The first-order valence-electron chi connectivity index (χ1n) is 10.8. The molecule has 0 spiro atoms. The lowest BCUT2D eigenvalue weighted by Gasteiger charge is -2.37. The van der Waals surface area contributed by atoms with Crippen LogP contribution in [0.15, 0.2) is 12.4 Å². The highest BCUT2D eigenvalue weighted by Crippen LogP contribution is 2.36. The normalized spacial score (nSPS) is 22.3. The Morgan fingerprint density at radius 2 is 1.68 bits per heavy atom. The Morgan fingerprint density at radius 1 is 1.16 bits per heavy atom. The van der Waals surface area contributed by atoms with E-state index >= 15 is 4.39 Å². The summed E-state index contributed by atoms with van der Waals surface area (Å²) < 4.78 is 32.5. The number of hydrogen-bond acceptors (Lipinski definition) is 7. The number of likely N-dealkylation sites (tertiary alicyclic amines) is 1. The Balaban J connectivity index is 1.50. The highest BCUT2D eigenvalue weighted by molar-refractivity contribution is 6.61. The second-order valence-corrected chi connectivity index (χ2v) is 10.4. The van der Waals surface area contributed by atoms with Gasteiger partial charge in [-0.05, 0) is 48.5 Å². The SMILES string of the molecule is CC(C)(C)OC(=O)N1CCC(F)(CNc2ncc(B3OC(C)(C)C(C)(C)O3)cn2)CC1. The summed E-state index contributed by atoms with van der Waals surface area (Å²) in [6, 6.07) is 0. The van der Waals surface area contributed by atoms with Crippen molar-refractivity contribution >= 4 is 24.6 Å². The maximum atomic E-state index is 15.2. The molecule has 3 heterocycles. The molecule has 0 unspecified atom stereocenters. The third-order valence-electron chi connectivity index (χ3n) is 6.07. The summed E-state index contributed by atoms with van der Waals surface area (Å²) >= 11 is 0. The number of alkyl halides is 1. The fourth-order valence-electron chi connectivity index (χ4n) is 3.36. The number of halogens is 1. The van der Waals surface area contributed by atoms with Crippen LogP contribution < -0.4 is 10.8 Å². The third-order valence-corrected chi connectivity index (χ3v) is 6.07. The standard InChI is InChI=1S/C21H34BFN4O4/c1-18(2,3)29-17(28)27-10-8-21(23,9-11-27)14-26-16-24-12-15(13-25-16)22-30-19(4,5)20(6,7)31-22/h12-13H,8-11,14H2,1-7H3,(H,24,25,26). The van der Waals surface area contributed by atoms with Crippen LogP contribution in [0, 0.1) is 0 Å². The number of nitrogens with one attached hydrogen (secondary N) is 1. The Bertz CT molecular complexity index is 774. The van der Waals surface area contributed by atoms with E-state index < -0.39 is 35.7 Å². The maximum Gasteiger partial charge on any atom is 0.498 e. The van der Waals surface area contributed by atoms with Crippen LogP contribution in [0.1, 0.15) is 61.3 Å². The smallest absolute Gasteiger partial charge is 0.444 e. The van der Waals surface area contributed by atoms with Gasteiger partial charge in [-0.2, -0.15) is 0 Å². The number of anilines is 1. The lowest BCUT2D eigenvalue weighted by molar-refractivity contribution is 0.00573. The molecule has 3 rings (SSSR count). The van der Waals surface area contributed by atoms with Crippen molar-refractivity contribution in [2.45, 2.75) is 83.8 Å². The number of piperidine rings is 1. The van der Waals surface area contributed by atoms with Crippen LogP contribution >= 0.6 is 0 Å². The topological polar surface area (TPSA) is 85.8 Å². The molecular formula is C21H34BFN4O4. The average Bonchev–Trinajstić information content (AvgIpc) is 2.87. The molecule has 8 nitrogen and oxygen atoms in total. The molecule has 172 valence electrons. The van der Waals surface area contributed by atoms with Crippen molar-refractivity contribution < 1.29 is 23.2 Å². The molecule has 31 heavy (non-hydrogen) atoms. The minimum absolute atomic E-state index is 0.0744. The fraction of sp³-hybridized carbons (Fsp3) is 0.762. The van der Waals surface area contributed by atoms with Crippen molar-refractivity contribution in [1.82, 2.24) is 14.9 Å². The molecule has 2 aliphatic heterocycles. The molecule has 2 fully saturated rings. The molecule has 2 saturated heterocycles. The van der Waals surface area contributed by atoms with Crippen LogP contribution in [0.2, 0.25) is 0 Å². The molecule has 0 atom stereocenters. The summed E-state index contributed by atoms with van der Waals surface area (Å²) in [7, 11) is -0.538. The van der Waals surface area contributed by atoms with E-state index in [4.69, 9.17) is 14.0 Å². The predicted octanol–water partition coefficient (Wildman–Crippen LogP) is 2.93. The zero-order chi connectivity index (χ0) is 23.1. The Kier molecular flexibility index (Phi) is 6.28. The van der Waals surface area contributed by atoms with E-state index in [-0.39, 0.29) is 19.4 Å². The predicted molar refractivity (Wildman–Crippen MR) is 117 cm³/mol. The number of carbonyl (C=O) groups excluding carboxylic acids is 1. The molecule has 1 amide bonds. The van der Waals surface area contributed by atoms with E-state index in [0.717, 1.165) is 0 Å². The summed E-state index contributed by atoms with van der Waals surface area (Å²) in [5.74, 6) is 0.340. The molecule has 0 aromatic carbocycles. The van der Waals surface area contributed by atoms with E-state index in [1.165, 1.54) is 0 Å². The first-order valence-corrected chi connectivity index (χ1v) is 10.8. The van der Waals surface area contributed by atoms with Crippen LogP contribution in [0.3, 0.4) is 0 Å². The summed E-state index contributed by atoms with van der Waals surface area (Å²) in [6.07, 6.45) is 3.32. The summed E-state index contributed by atoms with van der Waals surface area (Å²) in [5.41, 5.74) is -2.17. The third kappa shape index (κ3) is 5.66. The summed E-state index contributed by atoms with van der Waals surface area (Å²) in [4.78, 5) is 22.3. The monoisotopic (exact) mass is 436 g/mol. The highest BCUT2D eigenvalue weighted by atomic mass is 19.1. The van der Waals surface area contributed by atoms with Gasteiger partial charge in [0, 0.05) is 43.8 Å². The van der Waals surface area contributed by atoms with E-state index in [2.05, 4.69) is 15.3 Å². The van der Waals surface area contributed by atoms with Crippen molar-refractivity contribution in [2.24, 2.45) is 0 Å². The zero-order valence-corrected chi connectivity index (χ0v) is 19.6. The van der Waals surface area contributed by atoms with Gasteiger partial charge in [0.05, 0.1) is 17.7 Å². The second-order valence-electron chi connectivity index (χ2n) is 10.4. The number of rotatable bonds is 4. The van der Waals surface area contributed by atoms with Gasteiger partial charge in [0.15, 0.2) is 0 Å². The van der Waals surface area contributed by atoms with Crippen molar-refractivity contribution in [3.63, 3.8) is 0 Å². The lowest BCUT2D eigenvalue weighted by Crippen LogP contribution is -2.48. The van der Waals surface area contributed by atoms with Crippen molar-refractivity contribution in [2.75, 3.05) is 25.0 Å². The Labute approximate surface area is 184 Å². The largest absolute Gasteiger partial charge is 0.498 e. The highest BCUT2D eigenvalue weighted by Gasteiger charge is 2.52. The van der Waals surface area contributed by atoms with Crippen LogP contribution in [0.25, 0.3) is 0 Å². The van der Waals surface area contributed by atoms with Gasteiger partial charge in [0.2, 0.25) is 5.95 Å². The van der Waals surface area contributed by atoms with Crippen molar-refractivity contribution in [3.05, 3.63) is 12.4 Å². The maximum absolute atomic E-state index is 15.2. The summed E-state index contributed by atoms with van der Waals surface area (Å²) in [5, 5.41) is 2.97. The van der Waals surface area contributed by atoms with E-state index in [0.29, 0.717) is 24.5 Å². The molecule has 1 aromatic heterocycles. The molecule has 1 N–H and O–H groups in total. The van der Waals surface area contributed by atoms with Crippen LogP contribution in [0.5, 0.6) is 0 Å². The van der Waals surface area contributed by atoms with Crippen molar-refractivity contribution in [3.8, 4) is 0 Å². The van der Waals surface area contributed by atoms with Gasteiger partial charge in [-0.15, -0.1) is 0 Å². The number of aromatic nitrogens is 2. The van der Waals surface area contributed by atoms with Gasteiger partial charge in [-0.3, -0.25) is 0 Å². The fourth-order valence-corrected chi connectivity index (χ4v) is 3.36. The Morgan fingerprint density at radius 3 is 2.16 bits per heavy atom. The van der Waals surface area contributed by atoms with Gasteiger partial charge < -0.3 is 24.3 Å². The lowest BCUT2D eigenvalue weighted by atomic mass is 9.81. The first kappa shape index (κ1) is 23.7. The van der Waals surface area contributed by atoms with E-state index in [1.807, 2.05) is 48.5 Å². The minimum atomic E-state index is -1.44. The van der Waals surface area contributed by atoms with Gasteiger partial charge >= 0.3 is 13.2 Å². The first-order chi connectivity index (χ1) is 14.2. The van der Waals surface area contributed by atoms with Crippen LogP contribution in [-0.4, -0.2) is 70.2 Å². The number of amides is 1. The molecule has 1 aromatic rings. The quantitative estimate of drug-likeness (QED) is 0.727. The molecule has 10 heteroatoms. The van der Waals surface area contributed by atoms with Crippen LogP contribution in [0.4, 0.5) is 15.1 Å². The summed E-state index contributed by atoms with van der Waals surface area (Å²) in [6.45, 7) is 14.1. The van der Waals surface area contributed by atoms with Crippen LogP contribution in [-0.2, 0) is 14.0 Å². The van der Waals surface area contributed by atoms with Gasteiger partial charge in [0.25, 0.3) is 0 Å². The average molecular weight is 436 g/mol. The van der Waals surface area contributed by atoms with E-state index in [1.54, 1.807) is 17.3 Å². The number of nitrogens with zero attached hydrogens (tertiary/aromatic N) is 3. The zero-order valence-electron chi connectivity index (χ0n) is 19.6. The molecule has 0 aliphatic carbocycles. The molecule has 0 radical (unpaired) electrons. The number of hydrogen-bond donors (Lipinski definition) is 1. The van der Waals surface area contributed by atoms with E-state index in [9.17, 15) is 4.79 Å². The molecule has 0 saturated carbocycles. The number of ether oxygens (including phenoxy) is 1. The molecule has 2 aliphatic rings. The van der Waals surface area contributed by atoms with Crippen molar-refractivity contribution in [1.29, 1.82) is 0 Å². The Hall–Kier alpha value is -1.94. The van der Waals surface area contributed by atoms with Gasteiger partial charge in [-0.1, -0.05) is 0 Å². The van der Waals surface area contributed by atoms with Gasteiger partial charge in [0.1, 0.15) is 11.3 Å². The van der Waals surface area contributed by atoms with Gasteiger partial charge in [-0.25, -0.2) is 19.2 Å². The molecule has 0 bridgehead atoms. The number of carbonyl (C=O) groups is 1. The minimum Gasteiger partial charge on any atom is -0.444 e.